The average molecular weight is 247 g/mol. The maximum Gasteiger partial charge on any atom is 0.449 e. The number of carbonyl (C=O) groups excluding carboxylic acids is 1. The Balaban J connectivity index is 2.55. The summed E-state index contributed by atoms with van der Waals surface area (Å²) in [4.78, 5) is 15.0. The Morgan fingerprint density at radius 3 is 2.82 bits per heavy atom. The molecule has 1 N–H and O–H groups in total. The van der Waals surface area contributed by atoms with Gasteiger partial charge >= 0.3 is 6.18 Å². The van der Waals surface area contributed by atoms with E-state index in [4.69, 9.17) is 0 Å². The second kappa shape index (κ2) is 4.14. The lowest BCUT2D eigenvalue weighted by atomic mass is 10.2. The van der Waals surface area contributed by atoms with Crippen LogP contribution in [0.25, 0.3) is 0 Å². The van der Waals surface area contributed by atoms with Crippen LogP contribution < -0.4 is 5.32 Å². The van der Waals surface area contributed by atoms with Crippen LogP contribution in [0.1, 0.15) is 35.4 Å². The number of rotatable bonds is 2. The van der Waals surface area contributed by atoms with Crippen LogP contribution in [0.2, 0.25) is 0 Å². The Kier molecular flexibility index (Phi) is 2.94. The van der Waals surface area contributed by atoms with Gasteiger partial charge in [0.15, 0.2) is 5.78 Å². The molecule has 0 radical (unpaired) electrons. The van der Waals surface area contributed by atoms with Crippen molar-refractivity contribution in [2.24, 2.45) is 0 Å². The number of alkyl halides is 3. The molecular weight excluding hydrogens is 235 g/mol. The second-order valence-corrected chi connectivity index (χ2v) is 3.83. The minimum Gasteiger partial charge on any atom is -0.321 e. The van der Waals surface area contributed by atoms with E-state index in [1.165, 1.54) is 0 Å². The van der Waals surface area contributed by atoms with Crippen molar-refractivity contribution < 1.29 is 18.0 Å². The molecule has 1 aromatic heterocycles. The van der Waals surface area contributed by atoms with Gasteiger partial charge in [-0.05, 0) is 0 Å². The van der Waals surface area contributed by atoms with Gasteiger partial charge in [0, 0.05) is 26.1 Å². The number of nitrogens with one attached hydrogen (secondary N) is 1. The zero-order chi connectivity index (χ0) is 12.6. The maximum absolute atomic E-state index is 12.7. The van der Waals surface area contributed by atoms with E-state index in [-0.39, 0.29) is 31.0 Å². The summed E-state index contributed by atoms with van der Waals surface area (Å²) in [5.74, 6) is -1.32. The largest absolute Gasteiger partial charge is 0.449 e. The molecule has 0 spiro atoms. The van der Waals surface area contributed by atoms with Crippen LogP contribution in [-0.4, -0.2) is 21.9 Å². The van der Waals surface area contributed by atoms with Crippen molar-refractivity contribution in [3.63, 3.8) is 0 Å². The molecule has 0 bridgehead atoms. The zero-order valence-corrected chi connectivity index (χ0v) is 9.26. The highest BCUT2D eigenvalue weighted by molar-refractivity contribution is 5.95. The number of imidazole rings is 1. The lowest BCUT2D eigenvalue weighted by Gasteiger charge is -2.19. The molecule has 17 heavy (non-hydrogen) atoms. The number of hydrogen-bond donors (Lipinski definition) is 1. The molecule has 0 saturated carbocycles. The molecule has 2 rings (SSSR count). The molecule has 0 amide bonds. The first-order valence-electron chi connectivity index (χ1n) is 5.35. The third-order valence-corrected chi connectivity index (χ3v) is 2.72. The predicted molar refractivity (Wildman–Crippen MR) is 53.6 cm³/mol. The lowest BCUT2D eigenvalue weighted by molar-refractivity contribution is -0.147. The first kappa shape index (κ1) is 12.1. The summed E-state index contributed by atoms with van der Waals surface area (Å²) in [6.07, 6.45) is -4.36. The Hall–Kier alpha value is -1.37. The van der Waals surface area contributed by atoms with Gasteiger partial charge in [-0.25, -0.2) is 4.98 Å². The van der Waals surface area contributed by atoms with E-state index in [1.807, 2.05) is 0 Å². The second-order valence-electron chi connectivity index (χ2n) is 3.83. The average Bonchev–Trinajstić information content (AvgIpc) is 2.67. The molecule has 0 saturated heterocycles. The van der Waals surface area contributed by atoms with Crippen LogP contribution in [-0.2, 0) is 19.3 Å². The molecule has 0 aliphatic carbocycles. The number of Topliss-reactive ketones (excluding diaryl/α,β-unsaturated/α-hetero) is 1. The molecule has 0 aromatic carbocycles. The third-order valence-electron chi connectivity index (χ3n) is 2.72. The third kappa shape index (κ3) is 2.06. The smallest absolute Gasteiger partial charge is 0.321 e. The van der Waals surface area contributed by atoms with Crippen LogP contribution in [0.3, 0.4) is 0 Å². The summed E-state index contributed by atoms with van der Waals surface area (Å²) < 4.78 is 39.3. The molecular formula is C10H12F3N3O. The monoisotopic (exact) mass is 247 g/mol. The van der Waals surface area contributed by atoms with Crippen molar-refractivity contribution >= 4 is 5.78 Å². The highest BCUT2D eigenvalue weighted by Crippen LogP contribution is 2.31. The Labute approximate surface area is 95.8 Å². The fourth-order valence-electron chi connectivity index (χ4n) is 1.91. The Morgan fingerprint density at radius 2 is 2.24 bits per heavy atom. The molecule has 1 aromatic rings. The summed E-state index contributed by atoms with van der Waals surface area (Å²) >= 11 is 0. The zero-order valence-electron chi connectivity index (χ0n) is 9.26. The van der Waals surface area contributed by atoms with Gasteiger partial charge < -0.3 is 9.88 Å². The number of ketones is 1. The van der Waals surface area contributed by atoms with Crippen LogP contribution in [0, 0.1) is 0 Å². The predicted octanol–water partition coefficient (Wildman–Crippen LogP) is 1.60. The standard InChI is InChI=1S/C10H12F3N3O/c1-2-7(17)8-6-5-14-3-4-16(6)9(15-8)10(11,12)13/h14H,2-5H2,1H3. The molecule has 7 heteroatoms. The van der Waals surface area contributed by atoms with Gasteiger partial charge in [-0.15, -0.1) is 0 Å². The number of aromatic nitrogens is 2. The van der Waals surface area contributed by atoms with Crippen LogP contribution in [0.15, 0.2) is 0 Å². The quantitative estimate of drug-likeness (QED) is 0.807. The van der Waals surface area contributed by atoms with E-state index >= 15 is 0 Å². The van der Waals surface area contributed by atoms with Gasteiger partial charge in [0.05, 0.1) is 5.69 Å². The first-order chi connectivity index (χ1) is 7.95. The van der Waals surface area contributed by atoms with Crippen molar-refractivity contribution in [3.05, 3.63) is 17.2 Å². The molecule has 0 unspecified atom stereocenters. The van der Waals surface area contributed by atoms with E-state index in [0.29, 0.717) is 12.2 Å². The van der Waals surface area contributed by atoms with Gasteiger partial charge in [-0.3, -0.25) is 4.79 Å². The van der Waals surface area contributed by atoms with Crippen LogP contribution >= 0.6 is 0 Å². The van der Waals surface area contributed by atoms with Crippen LogP contribution in [0.5, 0.6) is 0 Å². The summed E-state index contributed by atoms with van der Waals surface area (Å²) in [5, 5.41) is 2.94. The SMILES string of the molecule is CCC(=O)c1nc(C(F)(F)F)n2c1CNCC2. The van der Waals surface area contributed by atoms with Crippen molar-refractivity contribution in [3.8, 4) is 0 Å². The Morgan fingerprint density at radius 1 is 1.53 bits per heavy atom. The van der Waals surface area contributed by atoms with Gasteiger partial charge in [-0.2, -0.15) is 13.2 Å². The van der Waals surface area contributed by atoms with Gasteiger partial charge in [0.1, 0.15) is 5.69 Å². The molecule has 0 fully saturated rings. The number of nitrogens with zero attached hydrogens (tertiary/aromatic N) is 2. The van der Waals surface area contributed by atoms with Gasteiger partial charge in [0.2, 0.25) is 5.82 Å². The molecule has 1 aliphatic heterocycles. The number of halogens is 3. The van der Waals surface area contributed by atoms with Crippen molar-refractivity contribution in [2.75, 3.05) is 6.54 Å². The van der Waals surface area contributed by atoms with Gasteiger partial charge in [0.25, 0.3) is 0 Å². The molecule has 94 valence electrons. The summed E-state index contributed by atoms with van der Waals surface area (Å²) in [6.45, 7) is 2.50. The van der Waals surface area contributed by atoms with E-state index in [2.05, 4.69) is 10.3 Å². The van der Waals surface area contributed by atoms with Crippen molar-refractivity contribution in [1.82, 2.24) is 14.9 Å². The normalized spacial score (nSPS) is 15.8. The first-order valence-corrected chi connectivity index (χ1v) is 5.35. The minimum atomic E-state index is -4.52. The summed E-state index contributed by atoms with van der Waals surface area (Å²) in [6, 6.07) is 0. The summed E-state index contributed by atoms with van der Waals surface area (Å²) in [5.41, 5.74) is 0.294. The highest BCUT2D eigenvalue weighted by atomic mass is 19.4. The summed E-state index contributed by atoms with van der Waals surface area (Å²) in [7, 11) is 0. The molecule has 4 nitrogen and oxygen atoms in total. The fourth-order valence-corrected chi connectivity index (χ4v) is 1.91. The van der Waals surface area contributed by atoms with Crippen molar-refractivity contribution in [1.29, 1.82) is 0 Å². The minimum absolute atomic E-state index is 0.0491. The lowest BCUT2D eigenvalue weighted by Crippen LogP contribution is -2.31. The Bertz CT molecular complexity index is 450. The van der Waals surface area contributed by atoms with Crippen LogP contribution in [0.4, 0.5) is 13.2 Å². The van der Waals surface area contributed by atoms with Crippen molar-refractivity contribution in [2.45, 2.75) is 32.6 Å². The van der Waals surface area contributed by atoms with E-state index < -0.39 is 12.0 Å². The fraction of sp³-hybridized carbons (Fsp3) is 0.600. The highest BCUT2D eigenvalue weighted by Gasteiger charge is 2.40. The molecule has 1 aliphatic rings. The van der Waals surface area contributed by atoms with E-state index in [0.717, 1.165) is 4.57 Å². The van der Waals surface area contributed by atoms with E-state index in [1.54, 1.807) is 6.92 Å². The number of hydrogen-bond acceptors (Lipinski definition) is 3. The maximum atomic E-state index is 12.7. The topological polar surface area (TPSA) is 46.9 Å². The van der Waals surface area contributed by atoms with E-state index in [9.17, 15) is 18.0 Å². The van der Waals surface area contributed by atoms with Gasteiger partial charge in [-0.1, -0.05) is 6.92 Å². The molecule has 2 heterocycles. The molecule has 0 atom stereocenters. The number of carbonyl (C=O) groups is 1. The number of fused-ring (bicyclic) bond motifs is 1.